The Hall–Kier alpha value is -3.46. The van der Waals surface area contributed by atoms with Gasteiger partial charge in [-0.05, 0) is 95.1 Å². The largest absolute Gasteiger partial charge is 0.443 e. The van der Waals surface area contributed by atoms with Gasteiger partial charge in [0.15, 0.2) is 17.4 Å². The first-order valence-corrected chi connectivity index (χ1v) is 17.3. The molecule has 8 nitrogen and oxygen atoms in total. The highest BCUT2D eigenvalue weighted by Crippen LogP contribution is 2.65. The summed E-state index contributed by atoms with van der Waals surface area (Å²) in [5, 5.41) is 2.41. The van der Waals surface area contributed by atoms with Crippen LogP contribution in [0.5, 0.6) is 0 Å². The van der Waals surface area contributed by atoms with Crippen LogP contribution in [0.4, 0.5) is 42.9 Å². The molecule has 0 aromatic heterocycles. The van der Waals surface area contributed by atoms with Crippen molar-refractivity contribution < 1.29 is 50.6 Å². The van der Waals surface area contributed by atoms with Crippen LogP contribution in [-0.2, 0) is 26.9 Å². The number of amides is 3. The number of carbonyl (C=O) groups is 4. The van der Waals surface area contributed by atoms with E-state index in [4.69, 9.17) is 44.3 Å². The van der Waals surface area contributed by atoms with Crippen molar-refractivity contribution in [1.29, 1.82) is 0 Å². The molecule has 17 heteroatoms. The highest BCUT2D eigenvalue weighted by Gasteiger charge is 2.67. The predicted octanol–water partition coefficient (Wildman–Crippen LogP) is 11.0. The lowest BCUT2D eigenvalue weighted by Gasteiger charge is -2.29. The summed E-state index contributed by atoms with van der Waals surface area (Å²) < 4.78 is 80.3. The third-order valence-electron chi connectivity index (χ3n) is 7.35. The molecule has 1 saturated carbocycles. The Morgan fingerprint density at radius 1 is 0.885 bits per heavy atom. The Labute approximate surface area is 319 Å². The van der Waals surface area contributed by atoms with Gasteiger partial charge in [0.2, 0.25) is 5.91 Å². The molecule has 3 aromatic rings. The highest BCUT2D eigenvalue weighted by atomic mass is 79.9. The minimum atomic E-state index is -4.67. The van der Waals surface area contributed by atoms with E-state index in [9.17, 15) is 32.3 Å². The number of ketones is 1. The summed E-state index contributed by atoms with van der Waals surface area (Å²) in [6.07, 6.45) is -8.31. The van der Waals surface area contributed by atoms with Crippen LogP contribution in [0.2, 0.25) is 5.02 Å². The van der Waals surface area contributed by atoms with Crippen molar-refractivity contribution in [2.45, 2.75) is 75.6 Å². The van der Waals surface area contributed by atoms with Crippen molar-refractivity contribution in [2.24, 2.45) is 5.92 Å². The van der Waals surface area contributed by atoms with Gasteiger partial charge >= 0.3 is 18.4 Å². The van der Waals surface area contributed by atoms with Crippen LogP contribution in [0, 0.1) is 17.6 Å². The molecule has 0 spiro atoms. The molecule has 2 unspecified atom stereocenters. The molecule has 3 amide bonds. The number of carbonyl (C=O) groups excluding carboxylic acids is 4. The van der Waals surface area contributed by atoms with Gasteiger partial charge < -0.3 is 14.8 Å². The maximum atomic E-state index is 16.0. The SMILES string of the molecule is CC(C)(C)OC(=O)N(C(=O)OC(C)(C)C)c1c(F)ccc(CC(=O)c2cc(NC(=O)C3C(c4cc(Br)cc(C(F)(F)F)c4)C3(Cl)Cl)ccc2Cl)c1F. The van der Waals surface area contributed by atoms with Crippen molar-refractivity contribution in [2.75, 3.05) is 10.2 Å². The minimum Gasteiger partial charge on any atom is -0.443 e. The Balaban J connectivity index is 1.60. The van der Waals surface area contributed by atoms with E-state index in [0.717, 1.165) is 24.3 Å². The molecule has 0 heterocycles. The van der Waals surface area contributed by atoms with Crippen LogP contribution >= 0.6 is 50.7 Å². The molecule has 3 aromatic carbocycles. The first-order valence-electron chi connectivity index (χ1n) is 15.3. The lowest BCUT2D eigenvalue weighted by atomic mass is 10.0. The molecule has 0 bridgehead atoms. The van der Waals surface area contributed by atoms with E-state index < -0.39 is 92.3 Å². The first kappa shape index (κ1) is 41.3. The molecular formula is C35H31BrCl3F5N2O6. The van der Waals surface area contributed by atoms with Gasteiger partial charge in [0.05, 0.1) is 16.5 Å². The van der Waals surface area contributed by atoms with E-state index in [1.54, 1.807) is 0 Å². The van der Waals surface area contributed by atoms with Crippen LogP contribution in [0.25, 0.3) is 0 Å². The number of halogens is 9. The Bertz CT molecular complexity index is 1920. The van der Waals surface area contributed by atoms with Crippen molar-refractivity contribution in [1.82, 2.24) is 0 Å². The smallest absolute Gasteiger partial charge is 0.424 e. The average molecular weight is 857 g/mol. The van der Waals surface area contributed by atoms with Crippen LogP contribution in [-0.4, -0.2) is 39.4 Å². The van der Waals surface area contributed by atoms with Gasteiger partial charge in [-0.25, -0.2) is 18.4 Å². The molecule has 1 aliphatic rings. The summed E-state index contributed by atoms with van der Waals surface area (Å²) in [5.41, 5.74) is -5.04. The third-order valence-corrected chi connectivity index (χ3v) is 9.08. The molecule has 0 saturated heterocycles. The molecule has 1 aliphatic carbocycles. The van der Waals surface area contributed by atoms with E-state index in [0.29, 0.717) is 0 Å². The quantitative estimate of drug-likeness (QED) is 0.144. The topological polar surface area (TPSA) is 102 Å². The lowest BCUT2D eigenvalue weighted by Crippen LogP contribution is -2.44. The van der Waals surface area contributed by atoms with Gasteiger partial charge in [-0.3, -0.25) is 9.59 Å². The molecule has 4 rings (SSSR count). The zero-order chi connectivity index (χ0) is 39.3. The average Bonchev–Trinajstić information content (AvgIpc) is 3.56. The predicted molar refractivity (Wildman–Crippen MR) is 189 cm³/mol. The van der Waals surface area contributed by atoms with Gasteiger partial charge in [0.25, 0.3) is 0 Å². The van der Waals surface area contributed by atoms with Crippen LogP contribution < -0.4 is 10.2 Å². The first-order chi connectivity index (χ1) is 23.7. The number of Topliss-reactive ketones (excluding diaryl/α,β-unsaturated/α-hetero) is 1. The molecule has 280 valence electrons. The van der Waals surface area contributed by atoms with Gasteiger partial charge in [0.1, 0.15) is 21.2 Å². The summed E-state index contributed by atoms with van der Waals surface area (Å²) in [4.78, 5) is 52.9. The third kappa shape index (κ3) is 9.55. The maximum Gasteiger partial charge on any atom is 0.424 e. The molecule has 0 radical (unpaired) electrons. The number of benzene rings is 3. The maximum absolute atomic E-state index is 16.0. The zero-order valence-electron chi connectivity index (χ0n) is 28.3. The summed E-state index contributed by atoms with van der Waals surface area (Å²) in [6.45, 7) is 8.84. The second kappa shape index (κ2) is 14.8. The normalized spacial score (nSPS) is 16.9. The summed E-state index contributed by atoms with van der Waals surface area (Å²) in [7, 11) is 0. The minimum absolute atomic E-state index is 0.0130. The standard InChI is InChI=1S/C35H31BrCl3F5N2O6/c1-32(2,3)51-30(49)46(31(50)52-33(4,5)6)28-23(40)10-7-16(27(28)41)13-24(47)21-15-20(8-9-22(21)37)45-29(48)26-25(34(26,38)39)17-11-18(35(42,43)44)14-19(36)12-17/h7-12,14-15,25-26H,13H2,1-6H3,(H,45,48). The molecule has 1 fully saturated rings. The number of alkyl halides is 5. The fourth-order valence-electron chi connectivity index (χ4n) is 5.12. The number of hydrogen-bond acceptors (Lipinski definition) is 6. The summed E-state index contributed by atoms with van der Waals surface area (Å²) >= 11 is 22.0. The molecule has 0 aliphatic heterocycles. The van der Waals surface area contributed by atoms with Crippen LogP contribution in [0.15, 0.2) is 53.0 Å². The van der Waals surface area contributed by atoms with Gasteiger partial charge in [0, 0.05) is 28.1 Å². The second-order valence-electron chi connectivity index (χ2n) is 13.8. The van der Waals surface area contributed by atoms with Crippen molar-refractivity contribution >= 4 is 86.0 Å². The summed E-state index contributed by atoms with van der Waals surface area (Å²) in [5.74, 6) is -6.57. The zero-order valence-corrected chi connectivity index (χ0v) is 32.1. The van der Waals surface area contributed by atoms with E-state index in [2.05, 4.69) is 21.2 Å². The van der Waals surface area contributed by atoms with Crippen molar-refractivity contribution in [3.8, 4) is 0 Å². The van der Waals surface area contributed by atoms with Crippen LogP contribution in [0.1, 0.15) is 74.5 Å². The van der Waals surface area contributed by atoms with Crippen molar-refractivity contribution in [3.63, 3.8) is 0 Å². The number of imide groups is 1. The monoisotopic (exact) mass is 854 g/mol. The number of rotatable bonds is 7. The Morgan fingerprint density at radius 2 is 1.46 bits per heavy atom. The van der Waals surface area contributed by atoms with E-state index in [-0.39, 0.29) is 31.2 Å². The van der Waals surface area contributed by atoms with E-state index in [1.165, 1.54) is 65.8 Å². The number of nitrogens with one attached hydrogen (secondary N) is 1. The molecule has 52 heavy (non-hydrogen) atoms. The second-order valence-corrected chi connectivity index (χ2v) is 16.6. The lowest BCUT2D eigenvalue weighted by molar-refractivity contribution is -0.137. The fraction of sp³-hybridized carbons (Fsp3) is 0.371. The molecule has 1 N–H and O–H groups in total. The number of hydrogen-bond donors (Lipinski definition) is 1. The van der Waals surface area contributed by atoms with E-state index in [1.807, 2.05) is 0 Å². The molecular weight excluding hydrogens is 826 g/mol. The van der Waals surface area contributed by atoms with E-state index >= 15 is 8.78 Å². The van der Waals surface area contributed by atoms with Gasteiger partial charge in [-0.2, -0.15) is 18.1 Å². The summed E-state index contributed by atoms with van der Waals surface area (Å²) in [6, 6.07) is 8.53. The number of anilines is 2. The molecule has 2 atom stereocenters. The number of ether oxygens (including phenoxy) is 2. The van der Waals surface area contributed by atoms with Crippen molar-refractivity contribution in [3.05, 3.63) is 91.9 Å². The fourth-order valence-corrected chi connectivity index (χ4v) is 6.69. The van der Waals surface area contributed by atoms with Gasteiger partial charge in [-0.15, -0.1) is 23.2 Å². The Kier molecular flexibility index (Phi) is 11.7. The number of nitrogens with zero attached hydrogens (tertiary/aromatic N) is 1. The highest BCUT2D eigenvalue weighted by molar-refractivity contribution is 9.10. The van der Waals surface area contributed by atoms with Gasteiger partial charge in [-0.1, -0.05) is 33.6 Å². The van der Waals surface area contributed by atoms with Crippen LogP contribution in [0.3, 0.4) is 0 Å². The Morgan fingerprint density at radius 3 is 2.00 bits per heavy atom.